The largest absolute Gasteiger partial charge is 0.356 e. The zero-order valence-electron chi connectivity index (χ0n) is 10.6. The van der Waals surface area contributed by atoms with Crippen LogP contribution in [0.2, 0.25) is 0 Å². The van der Waals surface area contributed by atoms with Gasteiger partial charge in [0.1, 0.15) is 0 Å². The number of hydrogen-bond acceptors (Lipinski definition) is 2. The van der Waals surface area contributed by atoms with E-state index in [2.05, 4.69) is 17.6 Å². The fraction of sp³-hybridized carbons (Fsp3) is 0.923. The van der Waals surface area contributed by atoms with Crippen LogP contribution in [0.25, 0.3) is 0 Å². The van der Waals surface area contributed by atoms with Gasteiger partial charge >= 0.3 is 0 Å². The number of hydrogen-bond donors (Lipinski definition) is 2. The first-order valence-electron chi connectivity index (χ1n) is 6.80. The molecule has 0 aliphatic carbocycles. The van der Waals surface area contributed by atoms with Gasteiger partial charge in [0, 0.05) is 13.0 Å². The Bertz CT molecular complexity index is 188. The monoisotopic (exact) mass is 226 g/mol. The molecule has 16 heavy (non-hydrogen) atoms. The van der Waals surface area contributed by atoms with Crippen LogP contribution in [0.15, 0.2) is 0 Å². The maximum absolute atomic E-state index is 11.5. The van der Waals surface area contributed by atoms with Gasteiger partial charge < -0.3 is 10.6 Å². The smallest absolute Gasteiger partial charge is 0.220 e. The summed E-state index contributed by atoms with van der Waals surface area (Å²) in [6, 6.07) is 0. The van der Waals surface area contributed by atoms with Crippen LogP contribution >= 0.6 is 0 Å². The van der Waals surface area contributed by atoms with Gasteiger partial charge in [0.25, 0.3) is 0 Å². The summed E-state index contributed by atoms with van der Waals surface area (Å²) in [4.78, 5) is 11.5. The van der Waals surface area contributed by atoms with E-state index in [1.54, 1.807) is 0 Å². The molecule has 0 aromatic carbocycles. The minimum absolute atomic E-state index is 0.239. The Morgan fingerprint density at radius 1 is 1.38 bits per heavy atom. The fourth-order valence-corrected chi connectivity index (χ4v) is 2.16. The van der Waals surface area contributed by atoms with E-state index in [9.17, 15) is 4.79 Å². The van der Waals surface area contributed by atoms with E-state index in [-0.39, 0.29) is 5.91 Å². The molecule has 94 valence electrons. The van der Waals surface area contributed by atoms with E-state index in [1.807, 2.05) is 0 Å². The fourth-order valence-electron chi connectivity index (χ4n) is 2.16. The summed E-state index contributed by atoms with van der Waals surface area (Å²) in [5, 5.41) is 6.34. The molecule has 2 N–H and O–H groups in total. The zero-order chi connectivity index (χ0) is 11.6. The van der Waals surface area contributed by atoms with E-state index in [1.165, 1.54) is 25.7 Å². The minimum Gasteiger partial charge on any atom is -0.356 e. The van der Waals surface area contributed by atoms with Crippen LogP contribution in [0.1, 0.15) is 51.9 Å². The van der Waals surface area contributed by atoms with E-state index >= 15 is 0 Å². The SMILES string of the molecule is CCCCCCNC(=O)CCC1CCNC1. The Labute approximate surface area is 99.4 Å². The van der Waals surface area contributed by atoms with Gasteiger partial charge in [-0.15, -0.1) is 0 Å². The van der Waals surface area contributed by atoms with Crippen LogP contribution in [-0.2, 0) is 4.79 Å². The predicted octanol–water partition coefficient (Wildman–Crippen LogP) is 2.07. The number of unbranched alkanes of at least 4 members (excludes halogenated alkanes) is 3. The first-order valence-corrected chi connectivity index (χ1v) is 6.80. The van der Waals surface area contributed by atoms with Crippen molar-refractivity contribution in [1.82, 2.24) is 10.6 Å². The molecule has 0 spiro atoms. The molecule has 1 amide bonds. The van der Waals surface area contributed by atoms with Gasteiger partial charge in [-0.05, 0) is 38.3 Å². The molecule has 1 aliphatic rings. The van der Waals surface area contributed by atoms with Crippen molar-refractivity contribution in [3.05, 3.63) is 0 Å². The molecule has 0 radical (unpaired) electrons. The first-order chi connectivity index (χ1) is 7.83. The van der Waals surface area contributed by atoms with Crippen LogP contribution in [0.4, 0.5) is 0 Å². The molecule has 1 unspecified atom stereocenters. The van der Waals surface area contributed by atoms with Gasteiger partial charge in [-0.1, -0.05) is 26.2 Å². The molecule has 1 fully saturated rings. The van der Waals surface area contributed by atoms with E-state index in [4.69, 9.17) is 0 Å². The average Bonchev–Trinajstić information content (AvgIpc) is 2.79. The predicted molar refractivity (Wildman–Crippen MR) is 67.4 cm³/mol. The van der Waals surface area contributed by atoms with Gasteiger partial charge in [0.2, 0.25) is 5.91 Å². The lowest BCUT2D eigenvalue weighted by Crippen LogP contribution is -2.25. The highest BCUT2D eigenvalue weighted by Gasteiger charge is 2.15. The summed E-state index contributed by atoms with van der Waals surface area (Å²) in [5.74, 6) is 0.967. The van der Waals surface area contributed by atoms with Crippen molar-refractivity contribution >= 4 is 5.91 Å². The maximum Gasteiger partial charge on any atom is 0.220 e. The van der Waals surface area contributed by atoms with Gasteiger partial charge in [-0.25, -0.2) is 0 Å². The molecule has 3 heteroatoms. The third-order valence-electron chi connectivity index (χ3n) is 3.29. The Morgan fingerprint density at radius 3 is 2.94 bits per heavy atom. The number of carbonyl (C=O) groups is 1. The molecule has 1 aliphatic heterocycles. The van der Waals surface area contributed by atoms with Crippen LogP contribution in [0, 0.1) is 5.92 Å². The molecular weight excluding hydrogens is 200 g/mol. The van der Waals surface area contributed by atoms with Crippen molar-refractivity contribution in [2.45, 2.75) is 51.9 Å². The Hall–Kier alpha value is -0.570. The van der Waals surface area contributed by atoms with Crippen LogP contribution in [-0.4, -0.2) is 25.5 Å². The van der Waals surface area contributed by atoms with Gasteiger partial charge in [-0.2, -0.15) is 0 Å². The average molecular weight is 226 g/mol. The third kappa shape index (κ3) is 6.11. The lowest BCUT2D eigenvalue weighted by atomic mass is 10.0. The van der Waals surface area contributed by atoms with Crippen molar-refractivity contribution in [3.8, 4) is 0 Å². The van der Waals surface area contributed by atoms with Crippen molar-refractivity contribution in [2.24, 2.45) is 5.92 Å². The molecule has 3 nitrogen and oxygen atoms in total. The van der Waals surface area contributed by atoms with E-state index in [0.717, 1.165) is 38.4 Å². The zero-order valence-corrected chi connectivity index (χ0v) is 10.6. The lowest BCUT2D eigenvalue weighted by Gasteiger charge is -2.08. The summed E-state index contributed by atoms with van der Waals surface area (Å²) in [6.45, 7) is 5.29. The van der Waals surface area contributed by atoms with Crippen molar-refractivity contribution in [3.63, 3.8) is 0 Å². The van der Waals surface area contributed by atoms with Gasteiger partial charge in [-0.3, -0.25) is 4.79 Å². The van der Waals surface area contributed by atoms with Crippen LogP contribution in [0.3, 0.4) is 0 Å². The summed E-state index contributed by atoms with van der Waals surface area (Å²) in [6.07, 6.45) is 7.90. The third-order valence-corrected chi connectivity index (χ3v) is 3.29. The second-order valence-corrected chi connectivity index (χ2v) is 4.81. The summed E-state index contributed by atoms with van der Waals surface area (Å²) >= 11 is 0. The Balaban J connectivity index is 1.90. The highest BCUT2D eigenvalue weighted by molar-refractivity contribution is 5.75. The molecule has 1 saturated heterocycles. The lowest BCUT2D eigenvalue weighted by molar-refractivity contribution is -0.121. The molecule has 1 heterocycles. The number of nitrogens with one attached hydrogen (secondary N) is 2. The number of rotatable bonds is 8. The number of amides is 1. The van der Waals surface area contributed by atoms with Gasteiger partial charge in [0.05, 0.1) is 0 Å². The molecule has 1 rings (SSSR count). The highest BCUT2D eigenvalue weighted by Crippen LogP contribution is 2.13. The normalized spacial score (nSPS) is 19.9. The molecule has 0 saturated carbocycles. The van der Waals surface area contributed by atoms with Crippen molar-refractivity contribution in [1.29, 1.82) is 0 Å². The highest BCUT2D eigenvalue weighted by atomic mass is 16.1. The van der Waals surface area contributed by atoms with E-state index in [0.29, 0.717) is 6.42 Å². The summed E-state index contributed by atoms with van der Waals surface area (Å²) in [7, 11) is 0. The van der Waals surface area contributed by atoms with Crippen LogP contribution < -0.4 is 10.6 Å². The second kappa shape index (κ2) is 8.57. The van der Waals surface area contributed by atoms with Gasteiger partial charge in [0.15, 0.2) is 0 Å². The Morgan fingerprint density at radius 2 is 2.25 bits per heavy atom. The standard InChI is InChI=1S/C13H26N2O/c1-2-3-4-5-9-15-13(16)7-6-12-8-10-14-11-12/h12,14H,2-11H2,1H3,(H,15,16). The molecular formula is C13H26N2O. The minimum atomic E-state index is 0.239. The summed E-state index contributed by atoms with van der Waals surface area (Å²) < 4.78 is 0. The first kappa shape index (κ1) is 13.5. The molecule has 0 aromatic heterocycles. The van der Waals surface area contributed by atoms with Crippen molar-refractivity contribution in [2.75, 3.05) is 19.6 Å². The Kier molecular flexibility index (Phi) is 7.23. The van der Waals surface area contributed by atoms with Crippen LogP contribution in [0.5, 0.6) is 0 Å². The maximum atomic E-state index is 11.5. The molecule has 0 aromatic rings. The molecule has 0 bridgehead atoms. The van der Waals surface area contributed by atoms with Crippen molar-refractivity contribution < 1.29 is 4.79 Å². The quantitative estimate of drug-likeness (QED) is 0.622. The number of carbonyl (C=O) groups excluding carboxylic acids is 1. The van der Waals surface area contributed by atoms with E-state index < -0.39 is 0 Å². The molecule has 1 atom stereocenters. The summed E-state index contributed by atoms with van der Waals surface area (Å²) in [5.41, 5.74) is 0. The second-order valence-electron chi connectivity index (χ2n) is 4.81. The topological polar surface area (TPSA) is 41.1 Å².